The van der Waals surface area contributed by atoms with Crippen LogP contribution in [0.15, 0.2) is 77.7 Å². The summed E-state index contributed by atoms with van der Waals surface area (Å²) in [7, 11) is -0.564. The van der Waals surface area contributed by atoms with Crippen molar-refractivity contribution in [2.75, 3.05) is 40.5 Å². The highest BCUT2D eigenvalue weighted by Crippen LogP contribution is 2.27. The number of nitrogens with one attached hydrogen (secondary N) is 1. The Balaban J connectivity index is 1.20. The lowest BCUT2D eigenvalue weighted by molar-refractivity contribution is -0.134. The van der Waals surface area contributed by atoms with Gasteiger partial charge in [-0.3, -0.25) is 4.79 Å². The average molecular weight is 553 g/mol. The van der Waals surface area contributed by atoms with Crippen LogP contribution in [0.3, 0.4) is 0 Å². The number of carbonyl (C=O) groups is 1. The number of benzene rings is 3. The van der Waals surface area contributed by atoms with Crippen molar-refractivity contribution in [3.8, 4) is 17.2 Å². The topological polar surface area (TPSA) is 94.2 Å². The Morgan fingerprint density at radius 3 is 2.26 bits per heavy atom. The number of sulfonamides is 1. The van der Waals surface area contributed by atoms with Crippen LogP contribution in [-0.2, 0) is 27.7 Å². The third-order valence-electron chi connectivity index (χ3n) is 6.98. The lowest BCUT2D eigenvalue weighted by Gasteiger charge is -2.32. The monoisotopic (exact) mass is 552 g/mol. The van der Waals surface area contributed by atoms with Crippen LogP contribution >= 0.6 is 0 Å². The molecule has 1 N–H and O–H groups in total. The molecule has 1 heterocycles. The standard InChI is InChI=1S/C30H36N2O6S/c1-36-28-13-8-24(21-29(28)37-2)14-17-31-39(34,35)27-11-9-26(10-12-27)38-22-30(33)32-18-15-25(16-19-32)20-23-6-4-3-5-7-23/h3-13,21,25,31H,14-20,22H2,1-2H3. The zero-order valence-corrected chi connectivity index (χ0v) is 23.3. The van der Waals surface area contributed by atoms with E-state index in [0.29, 0.717) is 29.6 Å². The lowest BCUT2D eigenvalue weighted by atomic mass is 9.90. The molecule has 8 nitrogen and oxygen atoms in total. The number of carbonyl (C=O) groups excluding carboxylic acids is 1. The first kappa shape index (κ1) is 28.4. The normalized spacial score (nSPS) is 14.2. The molecule has 1 amide bonds. The fourth-order valence-electron chi connectivity index (χ4n) is 4.73. The number of likely N-dealkylation sites (tertiary alicyclic amines) is 1. The van der Waals surface area contributed by atoms with Gasteiger partial charge < -0.3 is 19.1 Å². The summed E-state index contributed by atoms with van der Waals surface area (Å²) in [6, 6.07) is 22.0. The van der Waals surface area contributed by atoms with Crippen LogP contribution in [-0.4, -0.2) is 59.7 Å². The number of hydrogen-bond donors (Lipinski definition) is 1. The summed E-state index contributed by atoms with van der Waals surface area (Å²) < 4.78 is 44.2. The predicted octanol–water partition coefficient (Wildman–Crippen LogP) is 4.08. The quantitative estimate of drug-likeness (QED) is 0.364. The minimum absolute atomic E-state index is 0.0540. The maximum Gasteiger partial charge on any atom is 0.260 e. The van der Waals surface area contributed by atoms with Gasteiger partial charge in [0, 0.05) is 19.6 Å². The molecule has 3 aromatic rings. The van der Waals surface area contributed by atoms with Crippen LogP contribution < -0.4 is 18.9 Å². The zero-order chi connectivity index (χ0) is 27.7. The number of ether oxygens (including phenoxy) is 3. The molecule has 0 radical (unpaired) electrons. The van der Waals surface area contributed by atoms with Crippen LogP contribution in [0.4, 0.5) is 0 Å². The molecule has 1 aliphatic rings. The van der Waals surface area contributed by atoms with Crippen LogP contribution in [0.25, 0.3) is 0 Å². The van der Waals surface area contributed by atoms with Gasteiger partial charge in [0.05, 0.1) is 19.1 Å². The Kier molecular flexibility index (Phi) is 9.84. The van der Waals surface area contributed by atoms with Gasteiger partial charge in [-0.05, 0) is 79.1 Å². The van der Waals surface area contributed by atoms with E-state index in [1.54, 1.807) is 32.4 Å². The Bertz CT molecular complexity index is 1320. The second-order valence-electron chi connectivity index (χ2n) is 9.61. The third kappa shape index (κ3) is 7.97. The second kappa shape index (κ2) is 13.5. The number of rotatable bonds is 12. The smallest absolute Gasteiger partial charge is 0.260 e. The second-order valence-corrected chi connectivity index (χ2v) is 11.4. The first-order valence-electron chi connectivity index (χ1n) is 13.1. The largest absolute Gasteiger partial charge is 0.493 e. The first-order chi connectivity index (χ1) is 18.9. The molecule has 1 fully saturated rings. The van der Waals surface area contributed by atoms with Gasteiger partial charge in [-0.1, -0.05) is 36.4 Å². The molecule has 208 valence electrons. The van der Waals surface area contributed by atoms with Gasteiger partial charge in [0.1, 0.15) is 5.75 Å². The number of methoxy groups -OCH3 is 2. The molecule has 9 heteroatoms. The summed E-state index contributed by atoms with van der Waals surface area (Å²) in [6.45, 7) is 1.61. The molecule has 4 rings (SSSR count). The average Bonchev–Trinajstić information content (AvgIpc) is 2.97. The number of nitrogens with zero attached hydrogens (tertiary/aromatic N) is 1. The number of hydrogen-bond acceptors (Lipinski definition) is 6. The van der Waals surface area contributed by atoms with E-state index in [1.807, 2.05) is 23.1 Å². The molecule has 0 aromatic heterocycles. The van der Waals surface area contributed by atoms with Crippen molar-refractivity contribution in [2.45, 2.75) is 30.6 Å². The van der Waals surface area contributed by atoms with Crippen molar-refractivity contribution in [1.29, 1.82) is 0 Å². The summed E-state index contributed by atoms with van der Waals surface area (Å²) in [4.78, 5) is 14.6. The highest BCUT2D eigenvalue weighted by Gasteiger charge is 2.23. The molecule has 0 atom stereocenters. The zero-order valence-electron chi connectivity index (χ0n) is 22.5. The molecule has 0 aliphatic carbocycles. The van der Waals surface area contributed by atoms with E-state index in [-0.39, 0.29) is 24.0 Å². The van der Waals surface area contributed by atoms with Gasteiger partial charge in [-0.2, -0.15) is 0 Å². The lowest BCUT2D eigenvalue weighted by Crippen LogP contribution is -2.41. The molecule has 0 bridgehead atoms. The van der Waals surface area contributed by atoms with Crippen LogP contribution in [0.2, 0.25) is 0 Å². The van der Waals surface area contributed by atoms with Crippen LogP contribution in [0.1, 0.15) is 24.0 Å². The Labute approximate surface area is 230 Å². The highest BCUT2D eigenvalue weighted by molar-refractivity contribution is 7.89. The van der Waals surface area contributed by atoms with Crippen molar-refractivity contribution in [3.63, 3.8) is 0 Å². The Morgan fingerprint density at radius 1 is 0.897 bits per heavy atom. The van der Waals surface area contributed by atoms with E-state index in [0.717, 1.165) is 37.9 Å². The van der Waals surface area contributed by atoms with Crippen LogP contribution in [0.5, 0.6) is 17.2 Å². The summed E-state index contributed by atoms with van der Waals surface area (Å²) in [5.74, 6) is 2.20. The maximum absolute atomic E-state index is 12.7. The summed E-state index contributed by atoms with van der Waals surface area (Å²) in [5.41, 5.74) is 2.26. The summed E-state index contributed by atoms with van der Waals surface area (Å²) in [5, 5.41) is 0. The van der Waals surface area contributed by atoms with E-state index in [1.165, 1.54) is 17.7 Å². The van der Waals surface area contributed by atoms with E-state index in [2.05, 4.69) is 29.0 Å². The molecule has 3 aromatic carbocycles. The first-order valence-corrected chi connectivity index (χ1v) is 14.6. The molecule has 0 saturated carbocycles. The van der Waals surface area contributed by atoms with E-state index < -0.39 is 10.0 Å². The highest BCUT2D eigenvalue weighted by atomic mass is 32.2. The van der Waals surface area contributed by atoms with E-state index in [9.17, 15) is 13.2 Å². The van der Waals surface area contributed by atoms with Crippen LogP contribution in [0, 0.1) is 5.92 Å². The minimum atomic E-state index is -3.69. The minimum Gasteiger partial charge on any atom is -0.493 e. The molecule has 0 spiro atoms. The van der Waals surface area contributed by atoms with Gasteiger partial charge in [0.2, 0.25) is 10.0 Å². The number of piperidine rings is 1. The fourth-order valence-corrected chi connectivity index (χ4v) is 5.77. The number of amides is 1. The Hall–Kier alpha value is -3.56. The maximum atomic E-state index is 12.7. The van der Waals surface area contributed by atoms with Crippen molar-refractivity contribution in [2.24, 2.45) is 5.92 Å². The molecule has 1 aliphatic heterocycles. The molecule has 1 saturated heterocycles. The van der Waals surface area contributed by atoms with Crippen molar-refractivity contribution in [1.82, 2.24) is 9.62 Å². The summed E-state index contributed by atoms with van der Waals surface area (Å²) in [6.07, 6.45) is 3.49. The molecular weight excluding hydrogens is 516 g/mol. The molecule has 39 heavy (non-hydrogen) atoms. The van der Waals surface area contributed by atoms with E-state index >= 15 is 0 Å². The third-order valence-corrected chi connectivity index (χ3v) is 8.46. The SMILES string of the molecule is COc1ccc(CCNS(=O)(=O)c2ccc(OCC(=O)N3CCC(Cc4ccccc4)CC3)cc2)cc1OC. The van der Waals surface area contributed by atoms with Gasteiger partial charge in [-0.15, -0.1) is 0 Å². The molecular formula is C30H36N2O6S. The van der Waals surface area contributed by atoms with Crippen molar-refractivity contribution in [3.05, 3.63) is 83.9 Å². The fraction of sp³-hybridized carbons (Fsp3) is 0.367. The van der Waals surface area contributed by atoms with Gasteiger partial charge in [0.25, 0.3) is 5.91 Å². The van der Waals surface area contributed by atoms with Crippen molar-refractivity contribution >= 4 is 15.9 Å². The van der Waals surface area contributed by atoms with Gasteiger partial charge in [-0.25, -0.2) is 13.1 Å². The van der Waals surface area contributed by atoms with Crippen molar-refractivity contribution < 1.29 is 27.4 Å². The van der Waals surface area contributed by atoms with Gasteiger partial charge in [0.15, 0.2) is 18.1 Å². The Morgan fingerprint density at radius 2 is 1.59 bits per heavy atom. The predicted molar refractivity (Wildman–Crippen MR) is 150 cm³/mol. The van der Waals surface area contributed by atoms with E-state index in [4.69, 9.17) is 14.2 Å². The summed E-state index contributed by atoms with van der Waals surface area (Å²) >= 11 is 0. The van der Waals surface area contributed by atoms with Gasteiger partial charge >= 0.3 is 0 Å². The molecule has 0 unspecified atom stereocenters.